The van der Waals surface area contributed by atoms with Crippen LogP contribution in [0.25, 0.3) is 21.5 Å². The van der Waals surface area contributed by atoms with E-state index < -0.39 is 0 Å². The van der Waals surface area contributed by atoms with Gasteiger partial charge in [0.15, 0.2) is 5.13 Å². The molecule has 2 N–H and O–H groups in total. The lowest BCUT2D eigenvalue weighted by Crippen LogP contribution is -2.36. The van der Waals surface area contributed by atoms with Gasteiger partial charge in [-0.25, -0.2) is 4.98 Å². The molecule has 30 heavy (non-hydrogen) atoms. The van der Waals surface area contributed by atoms with Gasteiger partial charge in [-0.05, 0) is 43.2 Å². The SMILES string of the molecule is O[C@@H]1CCCC[C@H]1Nc1nc2ccc(Oc3ccnc(-c4c[c]ccc4)c3)cc2s1. The molecule has 4 aromatic rings. The van der Waals surface area contributed by atoms with E-state index in [1.165, 1.54) is 0 Å². The minimum atomic E-state index is -0.298. The number of hydrogen-bond acceptors (Lipinski definition) is 6. The second-order valence-corrected chi connectivity index (χ2v) is 8.55. The smallest absolute Gasteiger partial charge is 0.184 e. The maximum absolute atomic E-state index is 10.2. The van der Waals surface area contributed by atoms with Crippen LogP contribution in [0.3, 0.4) is 0 Å². The predicted molar refractivity (Wildman–Crippen MR) is 120 cm³/mol. The maximum atomic E-state index is 10.2. The molecule has 1 saturated carbocycles. The van der Waals surface area contributed by atoms with Crippen molar-refractivity contribution in [1.29, 1.82) is 0 Å². The van der Waals surface area contributed by atoms with Crippen LogP contribution in [0.5, 0.6) is 11.5 Å². The number of anilines is 1. The van der Waals surface area contributed by atoms with E-state index in [2.05, 4.69) is 21.4 Å². The fourth-order valence-electron chi connectivity index (χ4n) is 3.79. The summed E-state index contributed by atoms with van der Waals surface area (Å²) in [5, 5.41) is 14.5. The maximum Gasteiger partial charge on any atom is 0.184 e. The Hall–Kier alpha value is -2.96. The molecule has 0 spiro atoms. The second kappa shape index (κ2) is 8.42. The van der Waals surface area contributed by atoms with Gasteiger partial charge < -0.3 is 15.2 Å². The van der Waals surface area contributed by atoms with E-state index in [4.69, 9.17) is 4.74 Å². The molecule has 1 aliphatic carbocycles. The summed E-state index contributed by atoms with van der Waals surface area (Å²) < 4.78 is 7.14. The topological polar surface area (TPSA) is 67.3 Å². The molecule has 5 rings (SSSR count). The third-order valence-corrected chi connectivity index (χ3v) is 6.32. The number of rotatable bonds is 5. The number of benzene rings is 2. The van der Waals surface area contributed by atoms with Crippen LogP contribution in [0.4, 0.5) is 5.13 Å². The Morgan fingerprint density at radius 3 is 2.87 bits per heavy atom. The number of hydrogen-bond donors (Lipinski definition) is 2. The van der Waals surface area contributed by atoms with Gasteiger partial charge in [0.25, 0.3) is 0 Å². The van der Waals surface area contributed by atoms with Crippen LogP contribution < -0.4 is 10.1 Å². The molecule has 6 heteroatoms. The zero-order valence-electron chi connectivity index (χ0n) is 16.4. The van der Waals surface area contributed by atoms with Gasteiger partial charge in [0.1, 0.15) is 11.5 Å². The van der Waals surface area contributed by atoms with E-state index in [-0.39, 0.29) is 12.1 Å². The third-order valence-electron chi connectivity index (χ3n) is 5.37. The first-order chi connectivity index (χ1) is 14.7. The highest BCUT2D eigenvalue weighted by Gasteiger charge is 2.23. The van der Waals surface area contributed by atoms with Gasteiger partial charge in [-0.1, -0.05) is 42.4 Å². The van der Waals surface area contributed by atoms with Crippen LogP contribution in [-0.4, -0.2) is 27.2 Å². The number of ether oxygens (including phenoxy) is 1. The van der Waals surface area contributed by atoms with Crippen molar-refractivity contribution in [3.8, 4) is 22.8 Å². The van der Waals surface area contributed by atoms with Gasteiger partial charge in [-0.2, -0.15) is 0 Å². The molecule has 0 bridgehead atoms. The van der Waals surface area contributed by atoms with E-state index in [0.29, 0.717) is 0 Å². The fourth-order valence-corrected chi connectivity index (χ4v) is 4.75. The summed E-state index contributed by atoms with van der Waals surface area (Å²) in [6, 6.07) is 20.6. The van der Waals surface area contributed by atoms with Gasteiger partial charge in [-0.15, -0.1) is 0 Å². The number of thiazole rings is 1. The summed E-state index contributed by atoms with van der Waals surface area (Å²) in [4.78, 5) is 9.10. The van der Waals surface area contributed by atoms with Crippen LogP contribution in [0.15, 0.2) is 60.8 Å². The zero-order chi connectivity index (χ0) is 20.3. The number of fused-ring (bicyclic) bond motifs is 1. The third kappa shape index (κ3) is 4.15. The van der Waals surface area contributed by atoms with Gasteiger partial charge in [-0.3, -0.25) is 4.98 Å². The van der Waals surface area contributed by atoms with Gasteiger partial charge >= 0.3 is 0 Å². The van der Waals surface area contributed by atoms with Crippen LogP contribution >= 0.6 is 11.3 Å². The number of aliphatic hydroxyl groups is 1. The first-order valence-electron chi connectivity index (χ1n) is 10.2. The highest BCUT2D eigenvalue weighted by Crippen LogP contribution is 2.33. The van der Waals surface area contributed by atoms with Crippen LogP contribution in [0, 0.1) is 6.07 Å². The summed E-state index contributed by atoms with van der Waals surface area (Å²) >= 11 is 1.59. The number of aliphatic hydroxyl groups excluding tert-OH is 1. The highest BCUT2D eigenvalue weighted by molar-refractivity contribution is 7.22. The van der Waals surface area contributed by atoms with Gasteiger partial charge in [0, 0.05) is 23.9 Å². The minimum absolute atomic E-state index is 0.0838. The molecule has 151 valence electrons. The Morgan fingerprint density at radius 2 is 2.00 bits per heavy atom. The zero-order valence-corrected chi connectivity index (χ0v) is 17.2. The van der Waals surface area contributed by atoms with Gasteiger partial charge in [0.05, 0.1) is 28.1 Å². The van der Waals surface area contributed by atoms with E-state index >= 15 is 0 Å². The van der Waals surface area contributed by atoms with E-state index in [1.54, 1.807) is 17.5 Å². The summed E-state index contributed by atoms with van der Waals surface area (Å²) in [5.41, 5.74) is 2.78. The molecule has 2 heterocycles. The monoisotopic (exact) mass is 416 g/mol. The van der Waals surface area contributed by atoms with Crippen molar-refractivity contribution in [1.82, 2.24) is 9.97 Å². The summed E-state index contributed by atoms with van der Waals surface area (Å²) in [5.74, 6) is 1.49. The lowest BCUT2D eigenvalue weighted by molar-refractivity contribution is 0.116. The summed E-state index contributed by atoms with van der Waals surface area (Å²) in [7, 11) is 0. The average Bonchev–Trinajstić information content (AvgIpc) is 3.18. The van der Waals surface area contributed by atoms with E-state index in [1.807, 2.05) is 54.6 Å². The molecule has 2 aromatic heterocycles. The number of aromatic nitrogens is 2. The predicted octanol–water partition coefficient (Wildman–Crippen LogP) is 5.67. The molecule has 2 aromatic carbocycles. The minimum Gasteiger partial charge on any atom is -0.457 e. The number of nitrogens with zero attached hydrogens (tertiary/aromatic N) is 2. The quantitative estimate of drug-likeness (QED) is 0.439. The Bertz CT molecular complexity index is 1150. The summed E-state index contributed by atoms with van der Waals surface area (Å²) in [6.07, 6.45) is 5.53. The molecule has 0 amide bonds. The van der Waals surface area contributed by atoms with Crippen molar-refractivity contribution in [2.24, 2.45) is 0 Å². The number of nitrogens with one attached hydrogen (secondary N) is 1. The molecule has 0 saturated heterocycles. The normalized spacial score (nSPS) is 19.0. The van der Waals surface area contributed by atoms with Crippen molar-refractivity contribution in [3.63, 3.8) is 0 Å². The van der Waals surface area contributed by atoms with Crippen molar-refractivity contribution >= 4 is 26.7 Å². The largest absolute Gasteiger partial charge is 0.457 e. The first-order valence-corrected chi connectivity index (χ1v) is 11.0. The Labute approximate surface area is 179 Å². The standard InChI is InChI=1S/C24H22N3O2S/c28-22-9-5-4-8-19(22)26-24-27-20-11-10-17(15-23(20)30-24)29-18-12-13-25-21(14-18)16-6-2-1-3-7-16/h1-2,6-7,10-15,19,22,28H,4-5,8-9H2,(H,26,27)/t19-,22-/m1/s1. The van der Waals surface area contributed by atoms with Crippen molar-refractivity contribution in [2.75, 3.05) is 5.32 Å². The van der Waals surface area contributed by atoms with Crippen molar-refractivity contribution < 1.29 is 9.84 Å². The molecule has 1 aliphatic rings. The van der Waals surface area contributed by atoms with E-state index in [9.17, 15) is 5.11 Å². The molecule has 2 atom stereocenters. The Balaban J connectivity index is 1.34. The molecule has 1 fully saturated rings. The molecule has 5 nitrogen and oxygen atoms in total. The lowest BCUT2D eigenvalue weighted by Gasteiger charge is -2.27. The highest BCUT2D eigenvalue weighted by atomic mass is 32.1. The number of pyridine rings is 1. The molecule has 1 radical (unpaired) electrons. The Kier molecular flexibility index (Phi) is 5.34. The average molecular weight is 417 g/mol. The lowest BCUT2D eigenvalue weighted by atomic mass is 9.93. The summed E-state index contributed by atoms with van der Waals surface area (Å²) in [6.45, 7) is 0. The van der Waals surface area contributed by atoms with Crippen molar-refractivity contribution in [2.45, 2.75) is 37.8 Å². The molecular weight excluding hydrogens is 394 g/mol. The fraction of sp³-hybridized carbons (Fsp3) is 0.250. The Morgan fingerprint density at radius 1 is 1.10 bits per heavy atom. The van der Waals surface area contributed by atoms with Crippen molar-refractivity contribution in [3.05, 3.63) is 66.9 Å². The molecular formula is C24H22N3O2S. The second-order valence-electron chi connectivity index (χ2n) is 7.52. The van der Waals surface area contributed by atoms with Crippen LogP contribution in [-0.2, 0) is 0 Å². The first kappa shape index (κ1) is 19.0. The van der Waals surface area contributed by atoms with Crippen LogP contribution in [0.1, 0.15) is 25.7 Å². The molecule has 0 aliphatic heterocycles. The van der Waals surface area contributed by atoms with Gasteiger partial charge in [0.2, 0.25) is 0 Å². The van der Waals surface area contributed by atoms with E-state index in [0.717, 1.165) is 63.8 Å². The van der Waals surface area contributed by atoms with Crippen LogP contribution in [0.2, 0.25) is 0 Å². The molecule has 0 unspecified atom stereocenters.